The number of ketones is 1. The lowest BCUT2D eigenvalue weighted by Crippen LogP contribution is -2.07. The second-order valence-corrected chi connectivity index (χ2v) is 2.62. The van der Waals surface area contributed by atoms with Crippen LogP contribution in [0.1, 0.15) is 17.3 Å². The van der Waals surface area contributed by atoms with Crippen LogP contribution in [-0.2, 0) is 7.05 Å². The molecule has 0 aliphatic heterocycles. The van der Waals surface area contributed by atoms with Crippen LogP contribution in [-0.4, -0.2) is 15.6 Å². The van der Waals surface area contributed by atoms with Gasteiger partial charge in [0.25, 0.3) is 0 Å². The Labute approximate surface area is 70.4 Å². The van der Waals surface area contributed by atoms with Gasteiger partial charge in [0, 0.05) is 13.2 Å². The van der Waals surface area contributed by atoms with Crippen LogP contribution in [0.3, 0.4) is 0 Å². The predicted octanol–water partition coefficient (Wildman–Crippen LogP) is 0.762. The zero-order chi connectivity index (χ0) is 9.14. The van der Waals surface area contributed by atoms with Gasteiger partial charge in [-0.25, -0.2) is 0 Å². The van der Waals surface area contributed by atoms with Crippen LogP contribution in [0.4, 0.5) is 0 Å². The average molecular weight is 163 g/mol. The third kappa shape index (κ3) is 1.51. The fraction of sp³-hybridized carbons (Fsp3) is 0.375. The molecule has 0 fully saturated rings. The second kappa shape index (κ2) is 3.18. The van der Waals surface area contributed by atoms with Gasteiger partial charge in [0.2, 0.25) is 0 Å². The minimum Gasteiger partial charge on any atom is -0.293 e. The zero-order valence-electron chi connectivity index (χ0n) is 6.98. The largest absolute Gasteiger partial charge is 0.293 e. The first-order valence-electron chi connectivity index (χ1n) is 3.57. The van der Waals surface area contributed by atoms with E-state index in [1.165, 1.54) is 10.9 Å². The summed E-state index contributed by atoms with van der Waals surface area (Å²) in [5.74, 6) is -0.764. The number of aryl methyl sites for hydroxylation is 1. The highest BCUT2D eigenvalue weighted by molar-refractivity contribution is 5.98. The summed E-state index contributed by atoms with van der Waals surface area (Å²) in [7, 11) is 1.73. The summed E-state index contributed by atoms with van der Waals surface area (Å²) in [6.07, 6.45) is 3.08. The van der Waals surface area contributed by atoms with Crippen LogP contribution in [0.5, 0.6) is 0 Å². The average Bonchev–Trinajstić information content (AvgIpc) is 2.49. The minimum absolute atomic E-state index is 0.175. The number of Topliss-reactive ketones (excluding diaryl/α,β-unsaturated/α-hetero) is 1. The van der Waals surface area contributed by atoms with E-state index in [0.717, 1.165) is 0 Å². The molecular formula is C8H9N3O. The van der Waals surface area contributed by atoms with E-state index in [2.05, 4.69) is 5.10 Å². The van der Waals surface area contributed by atoms with Crippen molar-refractivity contribution in [1.29, 1.82) is 5.26 Å². The van der Waals surface area contributed by atoms with Crippen LogP contribution < -0.4 is 0 Å². The van der Waals surface area contributed by atoms with Crippen molar-refractivity contribution in [2.75, 3.05) is 0 Å². The summed E-state index contributed by atoms with van der Waals surface area (Å²) in [5, 5.41) is 12.3. The molecule has 4 heteroatoms. The molecule has 0 aliphatic carbocycles. The maximum Gasteiger partial charge on any atom is 0.182 e. The summed E-state index contributed by atoms with van der Waals surface area (Å²) in [4.78, 5) is 11.3. The van der Waals surface area contributed by atoms with E-state index in [4.69, 9.17) is 5.26 Å². The maximum atomic E-state index is 11.3. The molecule has 0 N–H and O–H groups in total. The molecule has 0 spiro atoms. The van der Waals surface area contributed by atoms with Gasteiger partial charge < -0.3 is 0 Å². The molecule has 1 aromatic heterocycles. The predicted molar refractivity (Wildman–Crippen MR) is 42.3 cm³/mol. The van der Waals surface area contributed by atoms with Crippen LogP contribution in [0.15, 0.2) is 12.4 Å². The van der Waals surface area contributed by atoms with Gasteiger partial charge in [-0.3, -0.25) is 9.48 Å². The molecule has 1 atom stereocenters. The van der Waals surface area contributed by atoms with Crippen molar-refractivity contribution in [3.05, 3.63) is 18.0 Å². The van der Waals surface area contributed by atoms with Gasteiger partial charge in [-0.05, 0) is 6.92 Å². The minimum atomic E-state index is -0.589. The van der Waals surface area contributed by atoms with Gasteiger partial charge in [0.05, 0.1) is 17.8 Å². The fourth-order valence-electron chi connectivity index (χ4n) is 0.857. The fourth-order valence-corrected chi connectivity index (χ4v) is 0.857. The summed E-state index contributed by atoms with van der Waals surface area (Å²) < 4.78 is 1.54. The number of nitriles is 1. The van der Waals surface area contributed by atoms with E-state index in [1.807, 2.05) is 6.07 Å². The van der Waals surface area contributed by atoms with Crippen molar-refractivity contribution in [1.82, 2.24) is 9.78 Å². The summed E-state index contributed by atoms with van der Waals surface area (Å²) >= 11 is 0. The molecule has 0 saturated heterocycles. The number of hydrogen-bond donors (Lipinski definition) is 0. The summed E-state index contributed by atoms with van der Waals surface area (Å²) in [5.41, 5.74) is 0.492. The van der Waals surface area contributed by atoms with Crippen LogP contribution in [0.25, 0.3) is 0 Å². The van der Waals surface area contributed by atoms with E-state index in [1.54, 1.807) is 20.2 Å². The molecule has 1 unspecified atom stereocenters. The van der Waals surface area contributed by atoms with Crippen LogP contribution in [0.2, 0.25) is 0 Å². The molecule has 1 rings (SSSR count). The first kappa shape index (κ1) is 8.47. The smallest absolute Gasteiger partial charge is 0.182 e. The van der Waals surface area contributed by atoms with Gasteiger partial charge in [-0.1, -0.05) is 0 Å². The molecule has 0 aliphatic rings. The van der Waals surface area contributed by atoms with Crippen LogP contribution >= 0.6 is 0 Å². The van der Waals surface area contributed by atoms with E-state index < -0.39 is 5.92 Å². The molecule has 0 amide bonds. The van der Waals surface area contributed by atoms with Crippen molar-refractivity contribution < 1.29 is 4.79 Å². The normalized spacial score (nSPS) is 12.1. The molecule has 4 nitrogen and oxygen atoms in total. The highest BCUT2D eigenvalue weighted by Gasteiger charge is 2.15. The molecule has 1 aromatic rings. The molecule has 1 heterocycles. The van der Waals surface area contributed by atoms with Gasteiger partial charge in [0.1, 0.15) is 5.92 Å². The Hall–Kier alpha value is -1.63. The van der Waals surface area contributed by atoms with Gasteiger partial charge in [-0.2, -0.15) is 10.4 Å². The third-order valence-corrected chi connectivity index (χ3v) is 1.58. The zero-order valence-corrected chi connectivity index (χ0v) is 6.98. The summed E-state index contributed by atoms with van der Waals surface area (Å²) in [6, 6.07) is 1.89. The van der Waals surface area contributed by atoms with Gasteiger partial charge in [0.15, 0.2) is 5.78 Å². The van der Waals surface area contributed by atoms with E-state index in [9.17, 15) is 4.79 Å². The van der Waals surface area contributed by atoms with Gasteiger partial charge in [-0.15, -0.1) is 0 Å². The van der Waals surface area contributed by atoms with Crippen molar-refractivity contribution in [3.8, 4) is 6.07 Å². The highest BCUT2D eigenvalue weighted by Crippen LogP contribution is 2.05. The van der Waals surface area contributed by atoms with E-state index in [0.29, 0.717) is 5.56 Å². The molecule has 0 bridgehead atoms. The standard InChI is InChI=1S/C8H9N3O/c1-6(3-9)8(12)7-4-10-11(2)5-7/h4-6H,1-2H3. The molecule has 0 saturated carbocycles. The Morgan fingerprint density at radius 2 is 2.50 bits per heavy atom. The SMILES string of the molecule is CC(C#N)C(=O)c1cnn(C)c1. The second-order valence-electron chi connectivity index (χ2n) is 2.62. The van der Waals surface area contributed by atoms with Gasteiger partial charge >= 0.3 is 0 Å². The monoisotopic (exact) mass is 163 g/mol. The number of nitrogens with zero attached hydrogens (tertiary/aromatic N) is 3. The Balaban J connectivity index is 2.87. The van der Waals surface area contributed by atoms with Crippen molar-refractivity contribution in [2.45, 2.75) is 6.92 Å². The first-order chi connectivity index (χ1) is 5.65. The molecule has 12 heavy (non-hydrogen) atoms. The number of carbonyl (C=O) groups is 1. The quantitative estimate of drug-likeness (QED) is 0.605. The Kier molecular flexibility index (Phi) is 2.24. The number of carbonyl (C=O) groups excluding carboxylic acids is 1. The van der Waals surface area contributed by atoms with E-state index >= 15 is 0 Å². The number of rotatable bonds is 2. The lowest BCUT2D eigenvalue weighted by atomic mass is 10.0. The molecule has 0 aromatic carbocycles. The first-order valence-corrected chi connectivity index (χ1v) is 3.57. The molecule has 0 radical (unpaired) electrons. The lowest BCUT2D eigenvalue weighted by Gasteiger charge is -1.95. The van der Waals surface area contributed by atoms with E-state index in [-0.39, 0.29) is 5.78 Å². The lowest BCUT2D eigenvalue weighted by molar-refractivity contribution is 0.0956. The topological polar surface area (TPSA) is 58.7 Å². The Morgan fingerprint density at radius 1 is 1.83 bits per heavy atom. The number of aromatic nitrogens is 2. The Morgan fingerprint density at radius 3 is 2.92 bits per heavy atom. The molecular weight excluding hydrogens is 154 g/mol. The maximum absolute atomic E-state index is 11.3. The number of hydrogen-bond acceptors (Lipinski definition) is 3. The molecule has 62 valence electrons. The van der Waals surface area contributed by atoms with Crippen molar-refractivity contribution >= 4 is 5.78 Å². The third-order valence-electron chi connectivity index (χ3n) is 1.58. The van der Waals surface area contributed by atoms with Crippen molar-refractivity contribution in [2.24, 2.45) is 13.0 Å². The highest BCUT2D eigenvalue weighted by atomic mass is 16.1. The van der Waals surface area contributed by atoms with Crippen molar-refractivity contribution in [3.63, 3.8) is 0 Å². The summed E-state index contributed by atoms with van der Waals surface area (Å²) in [6.45, 7) is 1.58. The van der Waals surface area contributed by atoms with Crippen LogP contribution in [0, 0.1) is 17.2 Å². The Bertz CT molecular complexity index is 334.